The van der Waals surface area contributed by atoms with E-state index in [-0.39, 0.29) is 24.1 Å². The van der Waals surface area contributed by atoms with Gasteiger partial charge in [-0.05, 0) is 56.5 Å². The van der Waals surface area contributed by atoms with Crippen LogP contribution >= 0.6 is 0 Å². The number of nitrogens with zero attached hydrogens (tertiary/aromatic N) is 1. The fourth-order valence-corrected chi connectivity index (χ4v) is 3.44. The summed E-state index contributed by atoms with van der Waals surface area (Å²) < 4.78 is 30.1. The summed E-state index contributed by atoms with van der Waals surface area (Å²) in [5, 5.41) is 3.00. The number of hydrogen-bond donors (Lipinski definition) is 1. The Morgan fingerprint density at radius 2 is 1.57 bits per heavy atom. The lowest BCUT2D eigenvalue weighted by molar-refractivity contribution is 0.0930. The number of rotatable bonds is 5. The van der Waals surface area contributed by atoms with Crippen molar-refractivity contribution >= 4 is 5.91 Å². The molecule has 1 amide bonds. The molecular weight excluding hydrogens is 358 g/mol. The van der Waals surface area contributed by atoms with Gasteiger partial charge in [-0.2, -0.15) is 0 Å². The number of nitrogens with one attached hydrogen (secondary N) is 1. The minimum absolute atomic E-state index is 0.0402. The maximum absolute atomic E-state index is 14.2. The first kappa shape index (κ1) is 19.8. The fraction of sp³-hybridized carbons (Fsp3) is 0.261. The average molecular weight is 382 g/mol. The first-order chi connectivity index (χ1) is 13.3. The van der Waals surface area contributed by atoms with E-state index in [1.54, 1.807) is 4.57 Å². The third kappa shape index (κ3) is 3.70. The molecule has 28 heavy (non-hydrogen) atoms. The van der Waals surface area contributed by atoms with Crippen LogP contribution in [0.5, 0.6) is 0 Å². The molecule has 0 aliphatic heterocycles. The molecule has 5 heteroatoms. The van der Waals surface area contributed by atoms with E-state index in [9.17, 15) is 13.6 Å². The molecule has 3 nitrogen and oxygen atoms in total. The highest BCUT2D eigenvalue weighted by atomic mass is 19.1. The molecule has 0 saturated carbocycles. The molecule has 1 atom stereocenters. The Kier molecular flexibility index (Phi) is 5.63. The van der Waals surface area contributed by atoms with Crippen LogP contribution in [0.2, 0.25) is 0 Å². The van der Waals surface area contributed by atoms with Gasteiger partial charge in [-0.25, -0.2) is 8.78 Å². The van der Waals surface area contributed by atoms with Gasteiger partial charge in [0, 0.05) is 11.3 Å². The molecule has 0 saturated heterocycles. The number of hydrogen-bond acceptors (Lipinski definition) is 1. The van der Waals surface area contributed by atoms with Crippen molar-refractivity contribution in [2.75, 3.05) is 0 Å². The third-order valence-corrected chi connectivity index (χ3v) is 5.38. The lowest BCUT2D eigenvalue weighted by Gasteiger charge is -2.17. The predicted octanol–water partition coefficient (Wildman–Crippen LogP) is 5.23. The highest BCUT2D eigenvalue weighted by molar-refractivity contribution is 5.95. The van der Waals surface area contributed by atoms with E-state index >= 15 is 0 Å². The molecule has 0 radical (unpaired) electrons. The zero-order valence-corrected chi connectivity index (χ0v) is 16.5. The predicted molar refractivity (Wildman–Crippen MR) is 106 cm³/mol. The Morgan fingerprint density at radius 1 is 0.964 bits per heavy atom. The SMILES string of the molecule is Cc1c(C)c(C(=O)N[C@H](C)c2ccccc2)n(Cc2c(F)cccc2F)c1C. The quantitative estimate of drug-likeness (QED) is 0.644. The molecule has 0 fully saturated rings. The number of carbonyl (C=O) groups is 1. The minimum Gasteiger partial charge on any atom is -0.344 e. The number of aromatic nitrogens is 1. The second kappa shape index (κ2) is 7.97. The van der Waals surface area contributed by atoms with E-state index in [0.29, 0.717) is 5.69 Å². The highest BCUT2D eigenvalue weighted by Gasteiger charge is 2.23. The Balaban J connectivity index is 1.97. The number of amides is 1. The van der Waals surface area contributed by atoms with E-state index in [1.165, 1.54) is 18.2 Å². The fourth-order valence-electron chi connectivity index (χ4n) is 3.44. The van der Waals surface area contributed by atoms with Crippen molar-refractivity contribution in [1.82, 2.24) is 9.88 Å². The summed E-state index contributed by atoms with van der Waals surface area (Å²) in [4.78, 5) is 13.1. The van der Waals surface area contributed by atoms with Gasteiger partial charge in [0.25, 0.3) is 5.91 Å². The number of carbonyl (C=O) groups excluding carboxylic acids is 1. The molecule has 0 bridgehead atoms. The summed E-state index contributed by atoms with van der Waals surface area (Å²) >= 11 is 0. The van der Waals surface area contributed by atoms with Crippen molar-refractivity contribution in [2.45, 2.75) is 40.3 Å². The molecule has 1 heterocycles. The maximum Gasteiger partial charge on any atom is 0.268 e. The topological polar surface area (TPSA) is 34.0 Å². The summed E-state index contributed by atoms with van der Waals surface area (Å²) in [7, 11) is 0. The van der Waals surface area contributed by atoms with Crippen LogP contribution in [0.15, 0.2) is 48.5 Å². The number of benzene rings is 2. The largest absolute Gasteiger partial charge is 0.344 e. The number of halogens is 2. The summed E-state index contributed by atoms with van der Waals surface area (Å²) in [5.74, 6) is -1.50. The van der Waals surface area contributed by atoms with E-state index < -0.39 is 11.6 Å². The van der Waals surface area contributed by atoms with Crippen LogP contribution in [0, 0.1) is 32.4 Å². The lowest BCUT2D eigenvalue weighted by atomic mass is 10.1. The van der Waals surface area contributed by atoms with Gasteiger partial charge in [0.1, 0.15) is 17.3 Å². The minimum atomic E-state index is -0.618. The van der Waals surface area contributed by atoms with Gasteiger partial charge in [-0.1, -0.05) is 36.4 Å². The van der Waals surface area contributed by atoms with Crippen molar-refractivity contribution in [2.24, 2.45) is 0 Å². The van der Waals surface area contributed by atoms with Crippen molar-refractivity contribution in [3.05, 3.63) is 93.8 Å². The Hall–Kier alpha value is -2.95. The molecule has 1 aromatic heterocycles. The molecule has 0 unspecified atom stereocenters. The molecule has 0 aliphatic rings. The van der Waals surface area contributed by atoms with Crippen LogP contribution in [0.3, 0.4) is 0 Å². The summed E-state index contributed by atoms with van der Waals surface area (Å²) in [5.41, 5.74) is 3.94. The Labute approximate surface area is 164 Å². The average Bonchev–Trinajstić information content (AvgIpc) is 2.89. The lowest BCUT2D eigenvalue weighted by Crippen LogP contribution is -2.29. The first-order valence-corrected chi connectivity index (χ1v) is 9.26. The van der Waals surface area contributed by atoms with Crippen LogP contribution < -0.4 is 5.32 Å². The molecule has 1 N–H and O–H groups in total. The molecule has 0 spiro atoms. The second-order valence-corrected chi connectivity index (χ2v) is 7.08. The van der Waals surface area contributed by atoms with Crippen molar-refractivity contribution in [3.8, 4) is 0 Å². The molecule has 3 rings (SSSR count). The van der Waals surface area contributed by atoms with Crippen LogP contribution in [0.1, 0.15) is 51.4 Å². The Bertz CT molecular complexity index is 989. The summed E-state index contributed by atoms with van der Waals surface area (Å²) in [6, 6.07) is 13.3. The van der Waals surface area contributed by atoms with Crippen LogP contribution in [-0.2, 0) is 6.54 Å². The smallest absolute Gasteiger partial charge is 0.268 e. The Morgan fingerprint density at radius 3 is 2.18 bits per heavy atom. The zero-order chi connectivity index (χ0) is 20.4. The highest BCUT2D eigenvalue weighted by Crippen LogP contribution is 2.25. The first-order valence-electron chi connectivity index (χ1n) is 9.26. The van der Waals surface area contributed by atoms with Crippen molar-refractivity contribution < 1.29 is 13.6 Å². The normalized spacial score (nSPS) is 12.1. The van der Waals surface area contributed by atoms with Gasteiger partial charge < -0.3 is 9.88 Å². The third-order valence-electron chi connectivity index (χ3n) is 5.38. The van der Waals surface area contributed by atoms with E-state index in [2.05, 4.69) is 5.32 Å². The molecular formula is C23H24F2N2O. The van der Waals surface area contributed by atoms with Gasteiger partial charge in [-0.15, -0.1) is 0 Å². The van der Waals surface area contributed by atoms with E-state index in [4.69, 9.17) is 0 Å². The van der Waals surface area contributed by atoms with E-state index in [0.717, 1.165) is 22.4 Å². The van der Waals surface area contributed by atoms with Crippen LogP contribution in [0.4, 0.5) is 8.78 Å². The van der Waals surface area contributed by atoms with Crippen molar-refractivity contribution in [1.29, 1.82) is 0 Å². The monoisotopic (exact) mass is 382 g/mol. The molecule has 146 valence electrons. The summed E-state index contributed by atoms with van der Waals surface area (Å²) in [6.45, 7) is 7.50. The molecule has 3 aromatic rings. The standard InChI is InChI=1S/C23H24F2N2O/c1-14-15(2)22(23(28)26-16(3)18-9-6-5-7-10-18)27(17(14)4)13-19-20(24)11-8-12-21(19)25/h5-12,16H,13H2,1-4H3,(H,26,28)/t16-/m1/s1. The summed E-state index contributed by atoms with van der Waals surface area (Å²) in [6.07, 6.45) is 0. The van der Waals surface area contributed by atoms with Crippen LogP contribution in [0.25, 0.3) is 0 Å². The zero-order valence-electron chi connectivity index (χ0n) is 16.5. The van der Waals surface area contributed by atoms with Gasteiger partial charge in [0.15, 0.2) is 0 Å². The van der Waals surface area contributed by atoms with Gasteiger partial charge in [0.05, 0.1) is 12.6 Å². The van der Waals surface area contributed by atoms with Gasteiger partial charge in [-0.3, -0.25) is 4.79 Å². The molecule has 2 aromatic carbocycles. The molecule has 0 aliphatic carbocycles. The van der Waals surface area contributed by atoms with E-state index in [1.807, 2.05) is 58.0 Å². The maximum atomic E-state index is 14.2. The van der Waals surface area contributed by atoms with Crippen molar-refractivity contribution in [3.63, 3.8) is 0 Å². The van der Waals surface area contributed by atoms with Crippen LogP contribution in [-0.4, -0.2) is 10.5 Å². The van der Waals surface area contributed by atoms with Gasteiger partial charge >= 0.3 is 0 Å². The van der Waals surface area contributed by atoms with Gasteiger partial charge in [0.2, 0.25) is 0 Å². The second-order valence-electron chi connectivity index (χ2n) is 7.08.